The van der Waals surface area contributed by atoms with Gasteiger partial charge in [-0.1, -0.05) is 0 Å². The van der Waals surface area contributed by atoms with Gasteiger partial charge in [-0.2, -0.15) is 0 Å². The summed E-state index contributed by atoms with van der Waals surface area (Å²) in [6, 6.07) is 0. The zero-order valence-corrected chi connectivity index (χ0v) is 5.05. The molecule has 0 amide bonds. The van der Waals surface area contributed by atoms with Crippen molar-refractivity contribution in [2.75, 3.05) is 0 Å². The predicted molar refractivity (Wildman–Crippen MR) is 17.1 cm³/mol. The molecule has 0 spiro atoms. The normalized spacial score (nSPS) is 5.20. The van der Waals surface area contributed by atoms with Crippen LogP contribution in [0.25, 0.3) is 0 Å². The maximum Gasteiger partial charge on any atom is 2.00 e. The first kappa shape index (κ1) is 9.32. The Balaban J connectivity index is 0. The van der Waals surface area contributed by atoms with E-state index in [4.69, 9.17) is 4.79 Å². The van der Waals surface area contributed by atoms with Gasteiger partial charge in [-0.15, -0.1) is 0 Å². The SMILES string of the molecule is O=C(Cl)Cl.[Pd+2]. The van der Waals surface area contributed by atoms with Gasteiger partial charge in [0.15, 0.2) is 0 Å². The van der Waals surface area contributed by atoms with Crippen molar-refractivity contribution in [3.05, 3.63) is 0 Å². The molecule has 0 aliphatic heterocycles. The minimum Gasteiger partial charge on any atom is -0.262 e. The maximum absolute atomic E-state index is 8.98. The van der Waals surface area contributed by atoms with Crippen LogP contribution in [0.15, 0.2) is 0 Å². The summed E-state index contributed by atoms with van der Waals surface area (Å²) in [4.78, 5) is 8.98. The smallest absolute Gasteiger partial charge is 0.262 e. The summed E-state index contributed by atoms with van der Waals surface area (Å²) in [7, 11) is 0. The first-order chi connectivity index (χ1) is 1.73. The zero-order valence-electron chi connectivity index (χ0n) is 1.98. The third-order valence-corrected chi connectivity index (χ3v) is 0. The van der Waals surface area contributed by atoms with Crippen LogP contribution in [0.3, 0.4) is 0 Å². The molecule has 0 fully saturated rings. The molecule has 0 atom stereocenters. The summed E-state index contributed by atoms with van der Waals surface area (Å²) in [5.74, 6) is 0. The summed E-state index contributed by atoms with van der Waals surface area (Å²) >= 11 is 8.80. The van der Waals surface area contributed by atoms with Gasteiger partial charge in [0.2, 0.25) is 0 Å². The third-order valence-electron chi connectivity index (χ3n) is 0. The largest absolute Gasteiger partial charge is 2.00 e. The monoisotopic (exact) mass is 204 g/mol. The average Bonchev–Trinajstić information content (AvgIpc) is 0.811. The Morgan fingerprint density at radius 2 is 1.40 bits per heavy atom. The van der Waals surface area contributed by atoms with Crippen LogP contribution < -0.4 is 0 Å². The van der Waals surface area contributed by atoms with Gasteiger partial charge < -0.3 is 0 Å². The van der Waals surface area contributed by atoms with Gasteiger partial charge in [-0.25, -0.2) is 0 Å². The number of hydrogen-bond donors (Lipinski definition) is 0. The van der Waals surface area contributed by atoms with Crippen molar-refractivity contribution >= 4 is 27.9 Å². The Hall–Kier alpha value is 0.912. The predicted octanol–water partition coefficient (Wildman–Crippen LogP) is 1.58. The number of halogens is 2. The second-order valence-electron chi connectivity index (χ2n) is 0.226. The molecule has 1 nitrogen and oxygen atoms in total. The molecule has 0 unspecified atom stereocenters. The quantitative estimate of drug-likeness (QED) is 0.433. The first-order valence-electron chi connectivity index (χ1n) is 0.582. The molecule has 0 saturated carbocycles. The molecule has 4 heteroatoms. The van der Waals surface area contributed by atoms with Crippen molar-refractivity contribution in [2.24, 2.45) is 0 Å². The van der Waals surface area contributed by atoms with E-state index in [1.54, 1.807) is 0 Å². The summed E-state index contributed by atoms with van der Waals surface area (Å²) in [5, 5.41) is 0. The van der Waals surface area contributed by atoms with E-state index in [1.807, 2.05) is 0 Å². The van der Waals surface area contributed by atoms with Gasteiger partial charge in [0.1, 0.15) is 0 Å². The number of hydrogen-bond acceptors (Lipinski definition) is 1. The van der Waals surface area contributed by atoms with Gasteiger partial charge in [0, 0.05) is 0 Å². The first-order valence-corrected chi connectivity index (χ1v) is 1.34. The van der Waals surface area contributed by atoms with Crippen LogP contribution in [0, 0.1) is 0 Å². The molecule has 0 aromatic rings. The van der Waals surface area contributed by atoms with Crippen LogP contribution in [0.2, 0.25) is 0 Å². The Kier molecular flexibility index (Phi) is 9.16. The maximum atomic E-state index is 8.98. The Labute approximate surface area is 53.3 Å². The molecule has 0 aromatic heterocycles. The molecule has 0 bridgehead atoms. The van der Waals surface area contributed by atoms with E-state index in [-0.39, 0.29) is 20.4 Å². The van der Waals surface area contributed by atoms with E-state index in [0.717, 1.165) is 0 Å². The topological polar surface area (TPSA) is 17.1 Å². The zero-order chi connectivity index (χ0) is 3.58. The van der Waals surface area contributed by atoms with Crippen LogP contribution in [0.1, 0.15) is 0 Å². The second-order valence-corrected chi connectivity index (χ2v) is 1.11. The molecular weight excluding hydrogens is 205 g/mol. The molecule has 32 valence electrons. The number of rotatable bonds is 0. The summed E-state index contributed by atoms with van der Waals surface area (Å²) in [6.45, 7) is 0. The Morgan fingerprint density at radius 3 is 1.40 bits per heavy atom. The molecule has 0 rings (SSSR count). The number of carbonyl (C=O) groups is 1. The van der Waals surface area contributed by atoms with Crippen molar-refractivity contribution in [3.63, 3.8) is 0 Å². The standard InChI is InChI=1S/CCl2O.Pd/c2-1(3)4;/q;+2. The van der Waals surface area contributed by atoms with E-state index in [9.17, 15) is 0 Å². The molecule has 5 heavy (non-hydrogen) atoms. The van der Waals surface area contributed by atoms with Crippen molar-refractivity contribution in [1.29, 1.82) is 0 Å². The van der Waals surface area contributed by atoms with Crippen LogP contribution in [0.4, 0.5) is 4.79 Å². The van der Waals surface area contributed by atoms with Gasteiger partial charge >= 0.3 is 25.1 Å². The molecule has 0 N–H and O–H groups in total. The molecule has 0 heterocycles. The summed E-state index contributed by atoms with van der Waals surface area (Å²) in [6.07, 6.45) is 0. The van der Waals surface area contributed by atoms with Crippen molar-refractivity contribution in [2.45, 2.75) is 0 Å². The fraction of sp³-hybridized carbons (Fsp3) is 0. The fourth-order valence-electron chi connectivity index (χ4n) is 0. The fourth-order valence-corrected chi connectivity index (χ4v) is 0. The van der Waals surface area contributed by atoms with Crippen LogP contribution >= 0.6 is 23.2 Å². The van der Waals surface area contributed by atoms with Gasteiger partial charge in [0.25, 0.3) is 0 Å². The van der Waals surface area contributed by atoms with Gasteiger partial charge in [0.05, 0.1) is 0 Å². The van der Waals surface area contributed by atoms with Crippen LogP contribution in [-0.4, -0.2) is 4.70 Å². The molecule has 0 saturated heterocycles. The Bertz CT molecular complexity index is 32.6. The minimum atomic E-state index is -0.889. The summed E-state index contributed by atoms with van der Waals surface area (Å²) in [5.41, 5.74) is 0. The van der Waals surface area contributed by atoms with E-state index < -0.39 is 4.70 Å². The molecule has 0 aliphatic rings. The van der Waals surface area contributed by atoms with Crippen LogP contribution in [0.5, 0.6) is 0 Å². The van der Waals surface area contributed by atoms with Crippen molar-refractivity contribution < 1.29 is 25.2 Å². The second kappa shape index (κ2) is 4.91. The van der Waals surface area contributed by atoms with Crippen molar-refractivity contribution in [3.8, 4) is 0 Å². The minimum absolute atomic E-state index is 0. The average molecular weight is 205 g/mol. The summed E-state index contributed by atoms with van der Waals surface area (Å²) < 4.78 is -0.889. The van der Waals surface area contributed by atoms with E-state index >= 15 is 0 Å². The van der Waals surface area contributed by atoms with E-state index in [1.165, 1.54) is 0 Å². The molecule has 0 aliphatic carbocycles. The van der Waals surface area contributed by atoms with Crippen molar-refractivity contribution in [1.82, 2.24) is 0 Å². The Morgan fingerprint density at radius 1 is 1.40 bits per heavy atom. The van der Waals surface area contributed by atoms with Gasteiger partial charge in [-0.3, -0.25) is 4.79 Å². The van der Waals surface area contributed by atoms with Gasteiger partial charge in [-0.05, 0) is 23.2 Å². The molecule has 0 aromatic carbocycles. The van der Waals surface area contributed by atoms with E-state index in [0.29, 0.717) is 0 Å². The number of carbonyl (C=O) groups excluding carboxylic acids is 1. The van der Waals surface area contributed by atoms with Crippen LogP contribution in [-0.2, 0) is 20.4 Å². The molecular formula is CCl2OPd+2. The third kappa shape index (κ3) is 50.1. The van der Waals surface area contributed by atoms with E-state index in [2.05, 4.69) is 23.2 Å². The molecule has 0 radical (unpaired) electrons.